The summed E-state index contributed by atoms with van der Waals surface area (Å²) < 4.78 is 44.0. The first-order valence-corrected chi connectivity index (χ1v) is 9.63. The van der Waals surface area contributed by atoms with Gasteiger partial charge in [-0.05, 0) is 49.2 Å². The van der Waals surface area contributed by atoms with Crippen LogP contribution in [0, 0.1) is 6.92 Å². The fourth-order valence-electron chi connectivity index (χ4n) is 2.19. The van der Waals surface area contributed by atoms with E-state index in [9.17, 15) is 13.0 Å². The molecule has 130 valence electrons. The first kappa shape index (κ1) is 18.9. The smallest absolute Gasteiger partial charge is 0.294 e. The molecule has 0 bridgehead atoms. The summed E-state index contributed by atoms with van der Waals surface area (Å²) in [5.74, 6) is 0.758. The van der Waals surface area contributed by atoms with Gasteiger partial charge in [-0.15, -0.1) is 0 Å². The molecule has 0 unspecified atom stereocenters. The van der Waals surface area contributed by atoms with Crippen LogP contribution in [0.5, 0.6) is 5.75 Å². The van der Waals surface area contributed by atoms with Crippen LogP contribution in [-0.2, 0) is 21.3 Å². The largest absolute Gasteiger partial charge is 0.491 e. The highest BCUT2D eigenvalue weighted by atomic mass is 79.9. The minimum Gasteiger partial charge on any atom is -0.491 e. The number of hydrogen-bond donors (Lipinski definition) is 1. The van der Waals surface area contributed by atoms with E-state index in [2.05, 4.69) is 15.9 Å². The molecule has 0 saturated carbocycles. The summed E-state index contributed by atoms with van der Waals surface area (Å²) in [6.45, 7) is 3.00. The van der Waals surface area contributed by atoms with Gasteiger partial charge in [0, 0.05) is 4.47 Å². The Hall–Kier alpha value is -1.41. The molecule has 0 aliphatic rings. The Kier molecular flexibility index (Phi) is 6.79. The van der Waals surface area contributed by atoms with Gasteiger partial charge in [-0.2, -0.15) is 8.42 Å². The average Bonchev–Trinajstić information content (AvgIpc) is 2.51. The highest BCUT2D eigenvalue weighted by molar-refractivity contribution is 9.10. The molecule has 24 heavy (non-hydrogen) atoms. The van der Waals surface area contributed by atoms with Gasteiger partial charge in [-0.25, -0.2) is 0 Å². The van der Waals surface area contributed by atoms with E-state index in [-0.39, 0.29) is 4.90 Å². The van der Waals surface area contributed by atoms with Gasteiger partial charge < -0.3 is 9.47 Å². The number of benzene rings is 2. The second-order valence-electron chi connectivity index (χ2n) is 5.25. The normalized spacial score (nSPS) is 11.5. The standard InChI is InChI=1S/C17H19BrO5S/c1-13-2-7-17(24(19,20)21)14(12-13)8-9-22-10-11-23-16-5-3-15(18)4-6-16/h2-7,12H,8-11H2,1H3,(H,19,20,21). The van der Waals surface area contributed by atoms with Crippen molar-refractivity contribution in [3.05, 3.63) is 58.1 Å². The van der Waals surface area contributed by atoms with Gasteiger partial charge in [-0.1, -0.05) is 33.6 Å². The quantitative estimate of drug-likeness (QED) is 0.527. The van der Waals surface area contributed by atoms with Crippen molar-refractivity contribution in [3.63, 3.8) is 0 Å². The van der Waals surface area contributed by atoms with Crippen LogP contribution in [-0.4, -0.2) is 32.8 Å². The lowest BCUT2D eigenvalue weighted by molar-refractivity contribution is 0.102. The van der Waals surface area contributed by atoms with Gasteiger partial charge in [-0.3, -0.25) is 4.55 Å². The van der Waals surface area contributed by atoms with Crippen molar-refractivity contribution in [3.8, 4) is 5.75 Å². The van der Waals surface area contributed by atoms with E-state index in [1.54, 1.807) is 12.1 Å². The summed E-state index contributed by atoms with van der Waals surface area (Å²) in [6.07, 6.45) is 0.398. The predicted octanol–water partition coefficient (Wildman–Crippen LogP) is 3.64. The van der Waals surface area contributed by atoms with Gasteiger partial charge in [0.15, 0.2) is 0 Å². The summed E-state index contributed by atoms with van der Waals surface area (Å²) in [5.41, 5.74) is 1.47. The first-order chi connectivity index (χ1) is 11.4. The van der Waals surface area contributed by atoms with E-state index in [0.29, 0.717) is 31.8 Å². The molecule has 5 nitrogen and oxygen atoms in total. The second kappa shape index (κ2) is 8.62. The second-order valence-corrected chi connectivity index (χ2v) is 7.56. The molecule has 0 amide bonds. The van der Waals surface area contributed by atoms with Crippen LogP contribution in [0.4, 0.5) is 0 Å². The highest BCUT2D eigenvalue weighted by Gasteiger charge is 2.15. The van der Waals surface area contributed by atoms with Gasteiger partial charge in [0.05, 0.1) is 18.1 Å². The first-order valence-electron chi connectivity index (χ1n) is 7.39. The van der Waals surface area contributed by atoms with Gasteiger partial charge >= 0.3 is 0 Å². The third kappa shape index (κ3) is 5.90. The molecule has 0 radical (unpaired) electrons. The van der Waals surface area contributed by atoms with Gasteiger partial charge in [0.2, 0.25) is 0 Å². The highest BCUT2D eigenvalue weighted by Crippen LogP contribution is 2.18. The molecule has 0 saturated heterocycles. The van der Waals surface area contributed by atoms with Crippen LogP contribution in [0.2, 0.25) is 0 Å². The van der Waals surface area contributed by atoms with Crippen molar-refractivity contribution in [1.82, 2.24) is 0 Å². The zero-order valence-corrected chi connectivity index (χ0v) is 15.6. The van der Waals surface area contributed by atoms with Crippen LogP contribution >= 0.6 is 15.9 Å². The van der Waals surface area contributed by atoms with E-state index in [1.807, 2.05) is 31.2 Å². The Morgan fingerprint density at radius 1 is 1.04 bits per heavy atom. The monoisotopic (exact) mass is 414 g/mol. The molecule has 0 heterocycles. The van der Waals surface area contributed by atoms with Crippen LogP contribution in [0.25, 0.3) is 0 Å². The van der Waals surface area contributed by atoms with E-state index in [0.717, 1.165) is 15.8 Å². The lowest BCUT2D eigenvalue weighted by Crippen LogP contribution is -2.10. The summed E-state index contributed by atoms with van der Waals surface area (Å²) in [4.78, 5) is -0.0668. The van der Waals surface area contributed by atoms with E-state index < -0.39 is 10.1 Å². The number of rotatable bonds is 8. The SMILES string of the molecule is Cc1ccc(S(=O)(=O)O)c(CCOCCOc2ccc(Br)cc2)c1. The maximum atomic E-state index is 11.4. The summed E-state index contributed by atoms with van der Waals surface area (Å²) >= 11 is 3.35. The van der Waals surface area contributed by atoms with Gasteiger partial charge in [0.1, 0.15) is 12.4 Å². The van der Waals surface area contributed by atoms with Crippen molar-refractivity contribution < 1.29 is 22.4 Å². The lowest BCUT2D eigenvalue weighted by atomic mass is 10.1. The number of aryl methyl sites for hydroxylation is 1. The number of halogens is 1. The molecule has 0 aromatic heterocycles. The van der Waals surface area contributed by atoms with Gasteiger partial charge in [0.25, 0.3) is 10.1 Å². The fourth-order valence-corrected chi connectivity index (χ4v) is 3.19. The molecule has 7 heteroatoms. The Bertz CT molecular complexity index is 772. The Morgan fingerprint density at radius 3 is 2.42 bits per heavy atom. The third-order valence-electron chi connectivity index (χ3n) is 3.32. The zero-order valence-electron chi connectivity index (χ0n) is 13.2. The minimum atomic E-state index is -4.22. The molecular weight excluding hydrogens is 396 g/mol. The number of ether oxygens (including phenoxy) is 2. The molecule has 0 fully saturated rings. The third-order valence-corrected chi connectivity index (χ3v) is 4.80. The summed E-state index contributed by atoms with van der Waals surface area (Å²) in [7, 11) is -4.22. The Balaban J connectivity index is 1.78. The molecule has 0 atom stereocenters. The zero-order chi connectivity index (χ0) is 17.6. The molecule has 2 rings (SSSR count). The van der Waals surface area contributed by atoms with E-state index in [4.69, 9.17) is 9.47 Å². The molecule has 0 spiro atoms. The summed E-state index contributed by atoms with van der Waals surface area (Å²) in [6, 6.07) is 12.3. The molecule has 1 N–H and O–H groups in total. The molecule has 2 aromatic carbocycles. The Labute approximate surface area is 150 Å². The van der Waals surface area contributed by atoms with Crippen LogP contribution in [0.3, 0.4) is 0 Å². The fraction of sp³-hybridized carbons (Fsp3) is 0.294. The molecular formula is C17H19BrO5S. The van der Waals surface area contributed by atoms with Crippen molar-refractivity contribution >= 4 is 26.0 Å². The molecule has 0 aliphatic carbocycles. The minimum absolute atomic E-state index is 0.0668. The van der Waals surface area contributed by atoms with Crippen LogP contribution < -0.4 is 4.74 Å². The summed E-state index contributed by atoms with van der Waals surface area (Å²) in [5, 5.41) is 0. The maximum Gasteiger partial charge on any atom is 0.294 e. The maximum absolute atomic E-state index is 11.4. The van der Waals surface area contributed by atoms with E-state index in [1.165, 1.54) is 6.07 Å². The van der Waals surface area contributed by atoms with Crippen molar-refractivity contribution in [1.29, 1.82) is 0 Å². The lowest BCUT2D eigenvalue weighted by Gasteiger charge is -2.10. The predicted molar refractivity (Wildman–Crippen MR) is 95.2 cm³/mol. The molecule has 0 aliphatic heterocycles. The topological polar surface area (TPSA) is 72.8 Å². The average molecular weight is 415 g/mol. The molecule has 2 aromatic rings. The Morgan fingerprint density at radius 2 is 1.75 bits per heavy atom. The van der Waals surface area contributed by atoms with Crippen molar-refractivity contribution in [2.75, 3.05) is 19.8 Å². The van der Waals surface area contributed by atoms with Crippen molar-refractivity contribution in [2.24, 2.45) is 0 Å². The van der Waals surface area contributed by atoms with Crippen molar-refractivity contribution in [2.45, 2.75) is 18.2 Å². The van der Waals surface area contributed by atoms with E-state index >= 15 is 0 Å². The van der Waals surface area contributed by atoms with Crippen LogP contribution in [0.15, 0.2) is 51.8 Å². The number of hydrogen-bond acceptors (Lipinski definition) is 4. The van der Waals surface area contributed by atoms with Crippen LogP contribution in [0.1, 0.15) is 11.1 Å².